The van der Waals surface area contributed by atoms with Gasteiger partial charge in [-0.3, -0.25) is 14.6 Å². The first-order valence-electron chi connectivity index (χ1n) is 7.53. The van der Waals surface area contributed by atoms with Crippen molar-refractivity contribution in [3.63, 3.8) is 0 Å². The zero-order valence-electron chi connectivity index (χ0n) is 13.1. The minimum atomic E-state index is 0.0814. The molecule has 2 unspecified atom stereocenters. The van der Waals surface area contributed by atoms with Crippen LogP contribution in [0.5, 0.6) is 0 Å². The van der Waals surface area contributed by atoms with Crippen LogP contribution < -0.4 is 5.73 Å². The average Bonchev–Trinajstić information content (AvgIpc) is 2.93. The lowest BCUT2D eigenvalue weighted by Gasteiger charge is -2.33. The maximum atomic E-state index is 6.39. The van der Waals surface area contributed by atoms with Gasteiger partial charge in [0.05, 0.1) is 17.9 Å². The molecule has 2 N–H and O–H groups in total. The van der Waals surface area contributed by atoms with Crippen molar-refractivity contribution in [2.75, 3.05) is 6.54 Å². The smallest absolute Gasteiger partial charge is 0.0544 e. The highest BCUT2D eigenvalue weighted by Crippen LogP contribution is 2.26. The predicted molar refractivity (Wildman–Crippen MR) is 84.5 cm³/mol. The van der Waals surface area contributed by atoms with Crippen LogP contribution in [-0.4, -0.2) is 32.3 Å². The van der Waals surface area contributed by atoms with Crippen molar-refractivity contribution in [1.29, 1.82) is 0 Å². The topological polar surface area (TPSA) is 60.0 Å². The van der Waals surface area contributed by atoms with E-state index < -0.39 is 0 Å². The maximum absolute atomic E-state index is 6.39. The third-order valence-electron chi connectivity index (χ3n) is 3.83. The van der Waals surface area contributed by atoms with Gasteiger partial charge in [0, 0.05) is 37.6 Å². The third-order valence-corrected chi connectivity index (χ3v) is 3.83. The third kappa shape index (κ3) is 3.89. The lowest BCUT2D eigenvalue weighted by molar-refractivity contribution is 0.167. The molecule has 5 heteroatoms. The van der Waals surface area contributed by atoms with Crippen LogP contribution in [0.4, 0.5) is 0 Å². The number of rotatable bonds is 7. The van der Waals surface area contributed by atoms with Gasteiger partial charge < -0.3 is 5.73 Å². The van der Waals surface area contributed by atoms with Crippen molar-refractivity contribution in [3.8, 4) is 0 Å². The summed E-state index contributed by atoms with van der Waals surface area (Å²) in [5.41, 5.74) is 8.63. The highest BCUT2D eigenvalue weighted by atomic mass is 15.3. The summed E-state index contributed by atoms with van der Waals surface area (Å²) >= 11 is 0. The van der Waals surface area contributed by atoms with Crippen molar-refractivity contribution in [2.24, 2.45) is 12.8 Å². The van der Waals surface area contributed by atoms with Crippen LogP contribution in [-0.2, 0) is 13.6 Å². The van der Waals surface area contributed by atoms with Crippen LogP contribution >= 0.6 is 0 Å². The summed E-state index contributed by atoms with van der Waals surface area (Å²) in [7, 11) is 1.94. The molecule has 114 valence electrons. The number of likely N-dealkylation sites (N-methyl/N-ethyl adjacent to an activating group) is 1. The summed E-state index contributed by atoms with van der Waals surface area (Å²) in [5, 5.41) is 4.30. The quantitative estimate of drug-likeness (QED) is 0.847. The van der Waals surface area contributed by atoms with E-state index in [0.29, 0.717) is 0 Å². The molecule has 5 nitrogen and oxygen atoms in total. The Morgan fingerprint density at radius 3 is 2.67 bits per heavy atom. The first-order valence-corrected chi connectivity index (χ1v) is 7.53. The van der Waals surface area contributed by atoms with Crippen molar-refractivity contribution in [3.05, 3.63) is 48.0 Å². The van der Waals surface area contributed by atoms with Gasteiger partial charge >= 0.3 is 0 Å². The fourth-order valence-electron chi connectivity index (χ4n) is 2.65. The van der Waals surface area contributed by atoms with Gasteiger partial charge in [0.2, 0.25) is 0 Å². The Morgan fingerprint density at radius 2 is 2.14 bits per heavy atom. The lowest BCUT2D eigenvalue weighted by atomic mass is 9.98. The SMILES string of the molecule is CCC(N)C(c1cnn(C)c1)N(CC)Cc1ccccn1. The fraction of sp³-hybridized carbons (Fsp3) is 0.500. The standard InChI is InChI=1S/C16H25N5/c1-4-15(17)16(13-10-19-20(3)11-13)21(5-2)12-14-8-6-7-9-18-14/h6-11,15-16H,4-5,12,17H2,1-3H3. The monoisotopic (exact) mass is 287 g/mol. The molecule has 0 saturated heterocycles. The van der Waals surface area contributed by atoms with Gasteiger partial charge in [0.1, 0.15) is 0 Å². The number of hydrogen-bond acceptors (Lipinski definition) is 4. The predicted octanol–water partition coefficient (Wildman–Crippen LogP) is 2.12. The summed E-state index contributed by atoms with van der Waals surface area (Å²) in [5.74, 6) is 0. The van der Waals surface area contributed by atoms with Crippen LogP contribution in [0, 0.1) is 0 Å². The average molecular weight is 287 g/mol. The molecule has 0 aliphatic rings. The molecule has 2 heterocycles. The number of nitrogens with two attached hydrogens (primary N) is 1. The summed E-state index contributed by atoms with van der Waals surface area (Å²) in [4.78, 5) is 6.80. The molecule has 0 fully saturated rings. The van der Waals surface area contributed by atoms with E-state index in [2.05, 4.69) is 41.1 Å². The van der Waals surface area contributed by atoms with Crippen molar-refractivity contribution >= 4 is 0 Å². The van der Waals surface area contributed by atoms with Crippen LogP contribution in [0.2, 0.25) is 0 Å². The largest absolute Gasteiger partial charge is 0.326 e. The van der Waals surface area contributed by atoms with Crippen molar-refractivity contribution in [1.82, 2.24) is 19.7 Å². The van der Waals surface area contributed by atoms with E-state index >= 15 is 0 Å². The van der Waals surface area contributed by atoms with Gasteiger partial charge in [-0.1, -0.05) is 19.9 Å². The summed E-state index contributed by atoms with van der Waals surface area (Å²) in [6, 6.07) is 6.26. The van der Waals surface area contributed by atoms with Crippen molar-refractivity contribution < 1.29 is 0 Å². The number of nitrogens with zero attached hydrogens (tertiary/aromatic N) is 4. The molecule has 2 atom stereocenters. The van der Waals surface area contributed by atoms with E-state index in [-0.39, 0.29) is 12.1 Å². The van der Waals surface area contributed by atoms with E-state index in [1.165, 1.54) is 5.56 Å². The normalized spacial score (nSPS) is 14.3. The fourth-order valence-corrected chi connectivity index (χ4v) is 2.65. The van der Waals surface area contributed by atoms with Gasteiger partial charge in [-0.05, 0) is 25.1 Å². The zero-order valence-corrected chi connectivity index (χ0v) is 13.1. The van der Waals surface area contributed by atoms with Crippen LogP contribution in [0.3, 0.4) is 0 Å². The molecular formula is C16H25N5. The molecule has 0 spiro atoms. The molecule has 0 aromatic carbocycles. The Kier molecular flexibility index (Phi) is 5.47. The molecule has 2 rings (SSSR count). The van der Waals surface area contributed by atoms with Crippen LogP contribution in [0.1, 0.15) is 37.6 Å². The van der Waals surface area contributed by atoms with Crippen molar-refractivity contribution in [2.45, 2.75) is 38.9 Å². The summed E-state index contributed by atoms with van der Waals surface area (Å²) in [6.45, 7) is 6.01. The Balaban J connectivity index is 2.25. The minimum absolute atomic E-state index is 0.0814. The van der Waals surface area contributed by atoms with E-state index in [1.807, 2.05) is 36.3 Å². The van der Waals surface area contributed by atoms with Crippen LogP contribution in [0.15, 0.2) is 36.8 Å². The molecule has 0 saturated carbocycles. The molecule has 21 heavy (non-hydrogen) atoms. The number of aryl methyl sites for hydroxylation is 1. The van der Waals surface area contributed by atoms with Gasteiger partial charge in [0.25, 0.3) is 0 Å². The first kappa shape index (κ1) is 15.7. The Morgan fingerprint density at radius 1 is 1.33 bits per heavy atom. The number of aromatic nitrogens is 3. The molecule has 0 aliphatic carbocycles. The summed E-state index contributed by atoms with van der Waals surface area (Å²) < 4.78 is 1.83. The molecule has 2 aromatic rings. The molecule has 0 aliphatic heterocycles. The molecule has 0 bridgehead atoms. The van der Waals surface area contributed by atoms with E-state index in [4.69, 9.17) is 5.73 Å². The Bertz CT molecular complexity index is 537. The van der Waals surface area contributed by atoms with Gasteiger partial charge in [-0.2, -0.15) is 5.10 Å². The second-order valence-electron chi connectivity index (χ2n) is 5.35. The second-order valence-corrected chi connectivity index (χ2v) is 5.35. The number of pyridine rings is 1. The maximum Gasteiger partial charge on any atom is 0.0544 e. The summed E-state index contributed by atoms with van der Waals surface area (Å²) in [6.07, 6.45) is 6.74. The highest BCUT2D eigenvalue weighted by Gasteiger charge is 2.26. The van der Waals surface area contributed by atoms with E-state index in [9.17, 15) is 0 Å². The van der Waals surface area contributed by atoms with Gasteiger partial charge in [-0.25, -0.2) is 0 Å². The van der Waals surface area contributed by atoms with Gasteiger partial charge in [0.15, 0.2) is 0 Å². The first-order chi connectivity index (χ1) is 10.2. The lowest BCUT2D eigenvalue weighted by Crippen LogP contribution is -2.40. The molecule has 0 amide bonds. The van der Waals surface area contributed by atoms with Crippen LogP contribution in [0.25, 0.3) is 0 Å². The molecule has 2 aromatic heterocycles. The Hall–Kier alpha value is -1.72. The van der Waals surface area contributed by atoms with E-state index in [0.717, 1.165) is 25.2 Å². The minimum Gasteiger partial charge on any atom is -0.326 e. The molecular weight excluding hydrogens is 262 g/mol. The van der Waals surface area contributed by atoms with Gasteiger partial charge in [-0.15, -0.1) is 0 Å². The van der Waals surface area contributed by atoms with E-state index in [1.54, 1.807) is 0 Å². The number of hydrogen-bond donors (Lipinski definition) is 1. The Labute approximate surface area is 126 Å². The highest BCUT2D eigenvalue weighted by molar-refractivity contribution is 5.14. The second kappa shape index (κ2) is 7.33. The zero-order chi connectivity index (χ0) is 15.2. The molecule has 0 radical (unpaired) electrons.